The molecule has 134 valence electrons. The highest BCUT2D eigenvalue weighted by Crippen LogP contribution is 2.47. The summed E-state index contributed by atoms with van der Waals surface area (Å²) in [6.45, 7) is 3.84. The lowest BCUT2D eigenvalue weighted by molar-refractivity contribution is -0.132. The van der Waals surface area contributed by atoms with Crippen LogP contribution in [0.2, 0.25) is 0 Å². The number of hydrogen-bond acceptors (Lipinski definition) is 4. The minimum Gasteiger partial charge on any atom is -0.466 e. The van der Waals surface area contributed by atoms with Crippen molar-refractivity contribution in [3.05, 3.63) is 35.8 Å². The first-order valence-corrected chi connectivity index (χ1v) is 9.32. The zero-order valence-corrected chi connectivity index (χ0v) is 15.0. The van der Waals surface area contributed by atoms with Gasteiger partial charge >= 0.3 is 0 Å². The Kier molecular flexibility index (Phi) is 4.36. The van der Waals surface area contributed by atoms with Crippen LogP contribution < -0.4 is 0 Å². The van der Waals surface area contributed by atoms with E-state index in [4.69, 9.17) is 4.42 Å². The van der Waals surface area contributed by atoms with Gasteiger partial charge in [0.15, 0.2) is 0 Å². The van der Waals surface area contributed by atoms with Gasteiger partial charge in [0.1, 0.15) is 23.7 Å². The van der Waals surface area contributed by atoms with Gasteiger partial charge in [0.25, 0.3) is 0 Å². The molecule has 6 heteroatoms. The Bertz CT molecular complexity index is 750. The molecule has 0 N–H and O–H groups in total. The van der Waals surface area contributed by atoms with Crippen LogP contribution in [0.15, 0.2) is 22.9 Å². The van der Waals surface area contributed by atoms with Crippen LogP contribution in [0.5, 0.6) is 0 Å². The van der Waals surface area contributed by atoms with Crippen molar-refractivity contribution in [1.82, 2.24) is 19.7 Å². The van der Waals surface area contributed by atoms with Crippen molar-refractivity contribution < 1.29 is 9.21 Å². The molecule has 4 rings (SSSR count). The Morgan fingerprint density at radius 1 is 1.40 bits per heavy atom. The lowest BCUT2D eigenvalue weighted by Gasteiger charge is -2.32. The monoisotopic (exact) mass is 342 g/mol. The van der Waals surface area contributed by atoms with Crippen LogP contribution in [-0.4, -0.2) is 38.7 Å². The van der Waals surface area contributed by atoms with Crippen LogP contribution in [0.4, 0.5) is 0 Å². The van der Waals surface area contributed by atoms with E-state index in [0.717, 1.165) is 49.2 Å². The summed E-state index contributed by atoms with van der Waals surface area (Å²) >= 11 is 0. The zero-order chi connectivity index (χ0) is 17.4. The van der Waals surface area contributed by atoms with Gasteiger partial charge in [0.05, 0.1) is 0 Å². The Labute approximate surface area is 148 Å². The van der Waals surface area contributed by atoms with Crippen molar-refractivity contribution in [2.45, 2.75) is 50.9 Å². The zero-order valence-electron chi connectivity index (χ0n) is 15.0. The number of likely N-dealkylation sites (tertiary alicyclic amines) is 1. The number of aryl methyl sites for hydroxylation is 2. The molecule has 0 spiro atoms. The van der Waals surface area contributed by atoms with Crippen LogP contribution in [0.3, 0.4) is 0 Å². The van der Waals surface area contributed by atoms with E-state index < -0.39 is 0 Å². The second kappa shape index (κ2) is 6.65. The van der Waals surface area contributed by atoms with Gasteiger partial charge in [-0.15, -0.1) is 10.2 Å². The fraction of sp³-hybridized carbons (Fsp3) is 0.632. The third-order valence-corrected chi connectivity index (χ3v) is 5.63. The van der Waals surface area contributed by atoms with Crippen LogP contribution in [0, 0.1) is 5.92 Å². The molecule has 2 fully saturated rings. The molecular formula is C19H26N4O2. The van der Waals surface area contributed by atoms with Crippen molar-refractivity contribution in [3.63, 3.8) is 0 Å². The second-order valence-electron chi connectivity index (χ2n) is 7.60. The summed E-state index contributed by atoms with van der Waals surface area (Å²) in [6.07, 6.45) is 6.24. The maximum Gasteiger partial charge on any atom is 0.223 e. The number of amides is 1. The van der Waals surface area contributed by atoms with Crippen LogP contribution >= 0.6 is 0 Å². The number of nitrogens with zero attached hydrogens (tertiary/aromatic N) is 4. The fourth-order valence-electron chi connectivity index (χ4n) is 3.91. The molecule has 1 saturated carbocycles. The van der Waals surface area contributed by atoms with E-state index in [1.54, 1.807) is 6.33 Å². The first-order valence-electron chi connectivity index (χ1n) is 9.32. The Balaban J connectivity index is 1.31. The predicted molar refractivity (Wildman–Crippen MR) is 93.1 cm³/mol. The average molecular weight is 342 g/mol. The molecule has 0 bridgehead atoms. The average Bonchev–Trinajstić information content (AvgIpc) is 3.02. The normalized spacial score (nSPS) is 26.0. The van der Waals surface area contributed by atoms with Crippen LogP contribution in [0.1, 0.15) is 61.8 Å². The highest BCUT2D eigenvalue weighted by Gasteiger charge is 2.36. The minimum atomic E-state index is 0.213. The maximum absolute atomic E-state index is 12.6. The summed E-state index contributed by atoms with van der Waals surface area (Å²) in [4.78, 5) is 14.6. The van der Waals surface area contributed by atoms with Crippen molar-refractivity contribution >= 4 is 5.91 Å². The third kappa shape index (κ3) is 3.48. The largest absolute Gasteiger partial charge is 0.466 e. The number of carbonyl (C=O) groups excluding carboxylic acids is 1. The van der Waals surface area contributed by atoms with E-state index in [-0.39, 0.29) is 11.8 Å². The van der Waals surface area contributed by atoms with Crippen molar-refractivity contribution in [2.24, 2.45) is 13.0 Å². The van der Waals surface area contributed by atoms with E-state index in [1.807, 2.05) is 22.6 Å². The molecule has 0 radical (unpaired) electrons. The lowest BCUT2D eigenvalue weighted by Crippen LogP contribution is -2.39. The molecule has 3 atom stereocenters. The summed E-state index contributed by atoms with van der Waals surface area (Å²) in [5.41, 5.74) is 0. The minimum absolute atomic E-state index is 0.213. The molecule has 1 aliphatic carbocycles. The van der Waals surface area contributed by atoms with Gasteiger partial charge in [-0.05, 0) is 37.3 Å². The van der Waals surface area contributed by atoms with Gasteiger partial charge in [0, 0.05) is 44.8 Å². The van der Waals surface area contributed by atoms with Gasteiger partial charge in [-0.2, -0.15) is 0 Å². The fourth-order valence-corrected chi connectivity index (χ4v) is 3.91. The standard InChI is InChI=1S/C19H26N4O2/c1-13-10-16(13)17-7-5-15(25-17)6-8-18(24)23-9-3-4-14(11-23)19-21-20-12-22(19)2/h5,7,12-14,16H,3-4,6,8-11H2,1-2H3/t13-,14-,16+/m1/s1. The highest BCUT2D eigenvalue weighted by molar-refractivity contribution is 5.76. The second-order valence-corrected chi connectivity index (χ2v) is 7.60. The summed E-state index contributed by atoms with van der Waals surface area (Å²) in [5.74, 6) is 4.85. The Morgan fingerprint density at radius 3 is 2.96 bits per heavy atom. The molecule has 1 aliphatic heterocycles. The molecule has 2 aromatic heterocycles. The Hall–Kier alpha value is -2.11. The number of furan rings is 1. The highest BCUT2D eigenvalue weighted by atomic mass is 16.3. The third-order valence-electron chi connectivity index (χ3n) is 5.63. The Morgan fingerprint density at radius 2 is 2.24 bits per heavy atom. The summed E-state index contributed by atoms with van der Waals surface area (Å²) < 4.78 is 7.88. The predicted octanol–water partition coefficient (Wildman–Crippen LogP) is 2.87. The maximum atomic E-state index is 12.6. The lowest BCUT2D eigenvalue weighted by atomic mass is 9.96. The SMILES string of the molecule is C[C@@H]1C[C@@H]1c1ccc(CCC(=O)N2CCC[C@@H](c3nncn3C)C2)o1. The van der Waals surface area contributed by atoms with Crippen LogP contribution in [-0.2, 0) is 18.3 Å². The molecule has 0 unspecified atom stereocenters. The molecule has 1 saturated heterocycles. The number of piperidine rings is 1. The van der Waals surface area contributed by atoms with Crippen molar-refractivity contribution in [1.29, 1.82) is 0 Å². The van der Waals surface area contributed by atoms with Gasteiger partial charge in [-0.1, -0.05) is 6.92 Å². The number of rotatable bonds is 5. The number of hydrogen-bond donors (Lipinski definition) is 0. The van der Waals surface area contributed by atoms with Crippen molar-refractivity contribution in [2.75, 3.05) is 13.1 Å². The van der Waals surface area contributed by atoms with E-state index in [9.17, 15) is 4.79 Å². The van der Waals surface area contributed by atoms with Gasteiger partial charge in [-0.3, -0.25) is 4.79 Å². The topological polar surface area (TPSA) is 64.2 Å². The van der Waals surface area contributed by atoms with Gasteiger partial charge in [-0.25, -0.2) is 0 Å². The van der Waals surface area contributed by atoms with Crippen molar-refractivity contribution in [3.8, 4) is 0 Å². The molecule has 1 amide bonds. The number of aromatic nitrogens is 3. The first kappa shape index (κ1) is 16.4. The number of carbonyl (C=O) groups is 1. The smallest absolute Gasteiger partial charge is 0.223 e. The molecule has 2 aliphatic rings. The van der Waals surface area contributed by atoms with E-state index in [1.165, 1.54) is 6.42 Å². The van der Waals surface area contributed by atoms with Gasteiger partial charge in [0.2, 0.25) is 5.91 Å². The van der Waals surface area contributed by atoms with E-state index >= 15 is 0 Å². The summed E-state index contributed by atoms with van der Waals surface area (Å²) in [6, 6.07) is 4.12. The van der Waals surface area contributed by atoms with Gasteiger partial charge < -0.3 is 13.9 Å². The molecular weight excluding hydrogens is 316 g/mol. The van der Waals surface area contributed by atoms with E-state index in [0.29, 0.717) is 18.8 Å². The molecule has 3 heterocycles. The summed E-state index contributed by atoms with van der Waals surface area (Å²) in [7, 11) is 1.96. The molecule has 2 aromatic rings. The first-order chi connectivity index (χ1) is 12.1. The molecule has 25 heavy (non-hydrogen) atoms. The summed E-state index contributed by atoms with van der Waals surface area (Å²) in [5, 5.41) is 8.18. The quantitative estimate of drug-likeness (QED) is 0.838. The molecule has 6 nitrogen and oxygen atoms in total. The molecule has 0 aromatic carbocycles. The van der Waals surface area contributed by atoms with E-state index in [2.05, 4.69) is 23.2 Å². The van der Waals surface area contributed by atoms with Crippen LogP contribution in [0.25, 0.3) is 0 Å².